The highest BCUT2D eigenvalue weighted by Crippen LogP contribution is 2.22. The summed E-state index contributed by atoms with van der Waals surface area (Å²) in [5.74, 6) is 0. The third-order valence-electron chi connectivity index (χ3n) is 1.43. The zero-order valence-corrected chi connectivity index (χ0v) is 5.78. The first kappa shape index (κ1) is 5.45. The highest BCUT2D eigenvalue weighted by atomic mass is 32.1. The molecule has 1 radical (unpaired) electrons. The lowest BCUT2D eigenvalue weighted by Gasteiger charge is -2.09. The minimum absolute atomic E-state index is 0.781. The van der Waals surface area contributed by atoms with Crippen LogP contribution in [0.5, 0.6) is 0 Å². The van der Waals surface area contributed by atoms with Crippen LogP contribution in [0.25, 0.3) is 0 Å². The molecule has 0 aromatic carbocycles. The van der Waals surface area contributed by atoms with Gasteiger partial charge < -0.3 is 4.74 Å². The van der Waals surface area contributed by atoms with Crippen LogP contribution in [0.3, 0.4) is 0 Å². The molecule has 0 fully saturated rings. The van der Waals surface area contributed by atoms with E-state index in [1.54, 1.807) is 11.3 Å². The fourth-order valence-electron chi connectivity index (χ4n) is 0.950. The predicted molar refractivity (Wildman–Crippen MR) is 37.4 cm³/mol. The number of rotatable bonds is 0. The van der Waals surface area contributed by atoms with Crippen LogP contribution < -0.4 is 0 Å². The second-order valence-corrected chi connectivity index (χ2v) is 3.02. The second-order valence-electron chi connectivity index (χ2n) is 2.02. The van der Waals surface area contributed by atoms with Crippen molar-refractivity contribution in [2.45, 2.75) is 6.61 Å². The Morgan fingerprint density at radius 1 is 1.56 bits per heavy atom. The Morgan fingerprint density at radius 2 is 2.56 bits per heavy atom. The molecule has 0 bridgehead atoms. The van der Waals surface area contributed by atoms with Gasteiger partial charge in [-0.05, 0) is 17.0 Å². The molecule has 0 N–H and O–H groups in total. The van der Waals surface area contributed by atoms with E-state index in [2.05, 4.69) is 17.9 Å². The van der Waals surface area contributed by atoms with Gasteiger partial charge in [-0.3, -0.25) is 0 Å². The Bertz CT molecular complexity index is 184. The minimum atomic E-state index is 0.781. The molecule has 9 heavy (non-hydrogen) atoms. The van der Waals surface area contributed by atoms with Crippen LogP contribution >= 0.6 is 11.3 Å². The number of thiophene rings is 1. The molecule has 2 heteroatoms. The van der Waals surface area contributed by atoms with E-state index in [4.69, 9.17) is 4.74 Å². The van der Waals surface area contributed by atoms with Gasteiger partial charge in [0.25, 0.3) is 0 Å². The Kier molecular flexibility index (Phi) is 1.28. The summed E-state index contributed by atoms with van der Waals surface area (Å²) in [5.41, 5.74) is 1.37. The molecule has 0 atom stereocenters. The van der Waals surface area contributed by atoms with E-state index in [0.717, 1.165) is 13.2 Å². The van der Waals surface area contributed by atoms with Gasteiger partial charge in [-0.2, -0.15) is 0 Å². The van der Waals surface area contributed by atoms with E-state index in [-0.39, 0.29) is 0 Å². The first-order chi connectivity index (χ1) is 4.47. The molecule has 0 unspecified atom stereocenters. The second kappa shape index (κ2) is 2.12. The molecule has 0 aliphatic carbocycles. The van der Waals surface area contributed by atoms with E-state index >= 15 is 0 Å². The number of ether oxygens (including phenoxy) is 1. The van der Waals surface area contributed by atoms with Crippen molar-refractivity contribution in [2.24, 2.45) is 0 Å². The highest BCUT2D eigenvalue weighted by molar-refractivity contribution is 7.10. The molecule has 0 saturated carbocycles. The molecule has 1 aliphatic rings. The topological polar surface area (TPSA) is 9.23 Å². The molecular formula is C7H7OS. The van der Waals surface area contributed by atoms with Crippen molar-refractivity contribution in [1.82, 2.24) is 0 Å². The summed E-state index contributed by atoms with van der Waals surface area (Å²) in [6.07, 6.45) is 2.12. The van der Waals surface area contributed by atoms with Crippen LogP contribution in [0.1, 0.15) is 10.4 Å². The zero-order valence-electron chi connectivity index (χ0n) is 4.96. The lowest BCUT2D eigenvalue weighted by atomic mass is 10.2. The summed E-state index contributed by atoms with van der Waals surface area (Å²) >= 11 is 1.77. The summed E-state index contributed by atoms with van der Waals surface area (Å²) in [7, 11) is 0. The first-order valence-corrected chi connectivity index (χ1v) is 3.82. The third kappa shape index (κ3) is 0.884. The summed E-state index contributed by atoms with van der Waals surface area (Å²) in [5, 5.41) is 2.11. The van der Waals surface area contributed by atoms with Gasteiger partial charge in [0.15, 0.2) is 0 Å². The summed E-state index contributed by atoms with van der Waals surface area (Å²) in [6.45, 7) is 1.59. The maximum absolute atomic E-state index is 5.21. The maximum atomic E-state index is 5.21. The molecule has 47 valence electrons. The lowest BCUT2D eigenvalue weighted by Crippen LogP contribution is -2.03. The van der Waals surface area contributed by atoms with Crippen molar-refractivity contribution < 1.29 is 4.74 Å². The van der Waals surface area contributed by atoms with E-state index in [0.29, 0.717) is 0 Å². The molecule has 2 heterocycles. The quantitative estimate of drug-likeness (QED) is 0.533. The van der Waals surface area contributed by atoms with Gasteiger partial charge in [0, 0.05) is 11.3 Å². The Labute approximate surface area is 58.3 Å². The van der Waals surface area contributed by atoms with Crippen molar-refractivity contribution in [3.63, 3.8) is 0 Å². The van der Waals surface area contributed by atoms with Gasteiger partial charge in [-0.25, -0.2) is 0 Å². The maximum Gasteiger partial charge on any atom is 0.0812 e. The summed E-state index contributed by atoms with van der Waals surface area (Å²) in [4.78, 5) is 1.36. The number of fused-ring (bicyclic) bond motifs is 1. The monoisotopic (exact) mass is 139 g/mol. The fourth-order valence-corrected chi connectivity index (χ4v) is 1.77. The van der Waals surface area contributed by atoms with Gasteiger partial charge in [0.05, 0.1) is 13.2 Å². The average molecular weight is 139 g/mol. The molecule has 1 nitrogen and oxygen atoms in total. The van der Waals surface area contributed by atoms with Gasteiger partial charge >= 0.3 is 0 Å². The minimum Gasteiger partial charge on any atom is -0.375 e. The lowest BCUT2D eigenvalue weighted by molar-refractivity contribution is 0.135. The Hall–Kier alpha value is -0.340. The normalized spacial score (nSPS) is 17.3. The molecule has 1 aromatic heterocycles. The molecule has 1 aromatic rings. The molecule has 1 aliphatic heterocycles. The SMILES string of the molecule is [CH]1COCc2sccc21. The summed E-state index contributed by atoms with van der Waals surface area (Å²) < 4.78 is 5.21. The van der Waals surface area contributed by atoms with E-state index in [9.17, 15) is 0 Å². The van der Waals surface area contributed by atoms with E-state index in [1.807, 2.05) is 0 Å². The van der Waals surface area contributed by atoms with E-state index in [1.165, 1.54) is 10.4 Å². The smallest absolute Gasteiger partial charge is 0.0812 e. The molecule has 0 saturated heterocycles. The van der Waals surface area contributed by atoms with Gasteiger partial charge in [0.1, 0.15) is 0 Å². The van der Waals surface area contributed by atoms with Crippen LogP contribution in [0.2, 0.25) is 0 Å². The van der Waals surface area contributed by atoms with Gasteiger partial charge in [-0.1, -0.05) is 0 Å². The highest BCUT2D eigenvalue weighted by Gasteiger charge is 2.08. The molecular weight excluding hydrogens is 132 g/mol. The van der Waals surface area contributed by atoms with E-state index < -0.39 is 0 Å². The van der Waals surface area contributed by atoms with Gasteiger partial charge in [-0.15, -0.1) is 11.3 Å². The number of hydrogen-bond acceptors (Lipinski definition) is 2. The standard InChI is InChI=1S/C7H7OS/c1-3-8-5-7-6(1)2-4-9-7/h1-2,4H,3,5H2. The van der Waals surface area contributed by atoms with Crippen LogP contribution in [0, 0.1) is 6.42 Å². The number of hydrogen-bond donors (Lipinski definition) is 0. The van der Waals surface area contributed by atoms with Crippen LogP contribution in [-0.2, 0) is 11.3 Å². The van der Waals surface area contributed by atoms with Crippen molar-refractivity contribution in [3.8, 4) is 0 Å². The fraction of sp³-hybridized carbons (Fsp3) is 0.286. The van der Waals surface area contributed by atoms with Crippen molar-refractivity contribution >= 4 is 11.3 Å². The van der Waals surface area contributed by atoms with Crippen LogP contribution in [0.15, 0.2) is 11.4 Å². The van der Waals surface area contributed by atoms with Gasteiger partial charge in [0.2, 0.25) is 0 Å². The summed E-state index contributed by atoms with van der Waals surface area (Å²) in [6, 6.07) is 2.14. The third-order valence-corrected chi connectivity index (χ3v) is 2.34. The van der Waals surface area contributed by atoms with Crippen molar-refractivity contribution in [1.29, 1.82) is 0 Å². The molecule has 0 amide bonds. The largest absolute Gasteiger partial charge is 0.375 e. The van der Waals surface area contributed by atoms with Crippen molar-refractivity contribution in [2.75, 3.05) is 6.61 Å². The van der Waals surface area contributed by atoms with Crippen LogP contribution in [-0.4, -0.2) is 6.61 Å². The Morgan fingerprint density at radius 3 is 3.44 bits per heavy atom. The predicted octanol–water partition coefficient (Wildman–Crippen LogP) is 1.83. The zero-order chi connectivity index (χ0) is 6.10. The molecule has 2 rings (SSSR count). The average Bonchev–Trinajstić information content (AvgIpc) is 2.33. The Balaban J connectivity index is 2.39. The molecule has 0 spiro atoms. The van der Waals surface area contributed by atoms with Crippen LogP contribution in [0.4, 0.5) is 0 Å². The van der Waals surface area contributed by atoms with Crippen molar-refractivity contribution in [3.05, 3.63) is 28.3 Å². The first-order valence-electron chi connectivity index (χ1n) is 2.94.